The molecule has 9 heteroatoms. The number of hydrogen-bond acceptors (Lipinski definition) is 7. The minimum Gasteiger partial charge on any atom is -0.508 e. The van der Waals surface area contributed by atoms with Gasteiger partial charge in [-0.3, -0.25) is 19.7 Å². The Kier molecular flexibility index (Phi) is 4.65. The standard InChI is InChI=1S/C20H12N2O6S/c23-15-3-1-2-14(10-15)21-19(24)18(29-20(21)25)11-16-8-9-17(28-16)12-4-6-13(7-5-12)22(26)27/h1-11,23H/b18-11-. The van der Waals surface area contributed by atoms with Gasteiger partial charge in [-0.05, 0) is 48.2 Å². The van der Waals surface area contributed by atoms with E-state index in [1.165, 1.54) is 30.3 Å². The third-order valence-electron chi connectivity index (χ3n) is 4.14. The van der Waals surface area contributed by atoms with Crippen molar-refractivity contribution in [2.24, 2.45) is 0 Å². The topological polar surface area (TPSA) is 114 Å². The van der Waals surface area contributed by atoms with Gasteiger partial charge >= 0.3 is 0 Å². The maximum atomic E-state index is 12.6. The molecule has 2 aromatic carbocycles. The minimum atomic E-state index is -0.515. The predicted octanol–water partition coefficient (Wildman–Crippen LogP) is 4.80. The van der Waals surface area contributed by atoms with Gasteiger partial charge in [0.25, 0.3) is 16.8 Å². The maximum Gasteiger partial charge on any atom is 0.298 e. The van der Waals surface area contributed by atoms with Crippen LogP contribution < -0.4 is 4.90 Å². The summed E-state index contributed by atoms with van der Waals surface area (Å²) < 4.78 is 5.69. The van der Waals surface area contributed by atoms with E-state index >= 15 is 0 Å². The molecule has 1 fully saturated rings. The van der Waals surface area contributed by atoms with E-state index < -0.39 is 16.1 Å². The van der Waals surface area contributed by atoms with Crippen LogP contribution in [0.5, 0.6) is 5.75 Å². The number of carbonyl (C=O) groups excluding carboxylic acids is 2. The van der Waals surface area contributed by atoms with Crippen molar-refractivity contribution in [3.05, 3.63) is 81.4 Å². The lowest BCUT2D eigenvalue weighted by Crippen LogP contribution is -2.27. The molecular formula is C20H12N2O6S. The van der Waals surface area contributed by atoms with Crippen LogP contribution in [-0.2, 0) is 4.79 Å². The van der Waals surface area contributed by atoms with Gasteiger partial charge in [0.2, 0.25) is 0 Å². The molecule has 0 bridgehead atoms. The highest BCUT2D eigenvalue weighted by atomic mass is 32.2. The zero-order chi connectivity index (χ0) is 20.5. The van der Waals surface area contributed by atoms with Crippen LogP contribution in [0.2, 0.25) is 0 Å². The molecule has 2 heterocycles. The number of nitro benzene ring substituents is 1. The molecule has 0 atom stereocenters. The van der Waals surface area contributed by atoms with Crippen molar-refractivity contribution in [1.29, 1.82) is 0 Å². The number of non-ortho nitro benzene ring substituents is 1. The molecule has 0 spiro atoms. The van der Waals surface area contributed by atoms with E-state index in [1.54, 1.807) is 36.4 Å². The smallest absolute Gasteiger partial charge is 0.298 e. The van der Waals surface area contributed by atoms with E-state index in [0.717, 1.165) is 16.7 Å². The highest BCUT2D eigenvalue weighted by molar-refractivity contribution is 8.19. The third-order valence-corrected chi connectivity index (χ3v) is 5.01. The summed E-state index contributed by atoms with van der Waals surface area (Å²) in [7, 11) is 0. The molecule has 1 saturated heterocycles. The van der Waals surface area contributed by atoms with Gasteiger partial charge in [0.15, 0.2) is 0 Å². The zero-order valence-electron chi connectivity index (χ0n) is 14.6. The van der Waals surface area contributed by atoms with Gasteiger partial charge in [0, 0.05) is 29.8 Å². The lowest BCUT2D eigenvalue weighted by atomic mass is 10.1. The summed E-state index contributed by atoms with van der Waals surface area (Å²) in [6.07, 6.45) is 1.46. The molecular weight excluding hydrogens is 396 g/mol. The van der Waals surface area contributed by atoms with Crippen LogP contribution in [-0.4, -0.2) is 21.2 Å². The van der Waals surface area contributed by atoms with Crippen molar-refractivity contribution in [2.75, 3.05) is 4.90 Å². The number of hydrogen-bond donors (Lipinski definition) is 1. The van der Waals surface area contributed by atoms with Gasteiger partial charge in [-0.2, -0.15) is 0 Å². The van der Waals surface area contributed by atoms with Gasteiger partial charge in [0.05, 0.1) is 15.5 Å². The van der Waals surface area contributed by atoms with E-state index in [9.17, 15) is 24.8 Å². The molecule has 1 aromatic heterocycles. The minimum absolute atomic E-state index is 0.0267. The predicted molar refractivity (Wildman–Crippen MR) is 107 cm³/mol. The highest BCUT2D eigenvalue weighted by Crippen LogP contribution is 2.37. The number of nitro groups is 1. The summed E-state index contributed by atoms with van der Waals surface area (Å²) in [5.41, 5.74) is 0.895. The molecule has 3 aromatic rings. The summed E-state index contributed by atoms with van der Waals surface area (Å²) in [6.45, 7) is 0. The zero-order valence-corrected chi connectivity index (χ0v) is 15.5. The molecule has 0 aliphatic carbocycles. The first kappa shape index (κ1) is 18.5. The molecule has 1 aliphatic heterocycles. The number of carbonyl (C=O) groups is 2. The number of amides is 2. The monoisotopic (exact) mass is 408 g/mol. The number of rotatable bonds is 4. The lowest BCUT2D eigenvalue weighted by Gasteiger charge is -2.12. The average molecular weight is 408 g/mol. The second kappa shape index (κ2) is 7.28. The Balaban J connectivity index is 1.58. The Labute approximate surface area is 168 Å². The fraction of sp³-hybridized carbons (Fsp3) is 0. The molecule has 8 nitrogen and oxygen atoms in total. The normalized spacial score (nSPS) is 15.3. The van der Waals surface area contributed by atoms with Crippen LogP contribution >= 0.6 is 11.8 Å². The molecule has 0 saturated carbocycles. The van der Waals surface area contributed by atoms with E-state index in [0.29, 0.717) is 17.1 Å². The molecule has 1 aliphatic rings. The summed E-state index contributed by atoms with van der Waals surface area (Å²) >= 11 is 0.769. The van der Waals surface area contributed by atoms with Crippen LogP contribution in [0.1, 0.15) is 5.76 Å². The van der Waals surface area contributed by atoms with E-state index in [2.05, 4.69) is 0 Å². The fourth-order valence-corrected chi connectivity index (χ4v) is 3.61. The number of imide groups is 1. The van der Waals surface area contributed by atoms with Gasteiger partial charge in [0.1, 0.15) is 17.3 Å². The summed E-state index contributed by atoms with van der Waals surface area (Å²) in [5, 5.41) is 19.9. The Morgan fingerprint density at radius 3 is 2.52 bits per heavy atom. The fourth-order valence-electron chi connectivity index (χ4n) is 2.78. The molecule has 4 rings (SSSR count). The average Bonchev–Trinajstić information content (AvgIpc) is 3.26. The molecule has 1 N–H and O–H groups in total. The number of thioether (sulfide) groups is 1. The Bertz CT molecular complexity index is 1170. The van der Waals surface area contributed by atoms with Crippen molar-refractivity contribution in [3.63, 3.8) is 0 Å². The lowest BCUT2D eigenvalue weighted by molar-refractivity contribution is -0.384. The van der Waals surface area contributed by atoms with Gasteiger partial charge in [-0.1, -0.05) is 6.07 Å². The maximum absolute atomic E-state index is 12.6. The first-order valence-corrected chi connectivity index (χ1v) is 9.16. The van der Waals surface area contributed by atoms with Crippen molar-refractivity contribution in [2.45, 2.75) is 0 Å². The van der Waals surface area contributed by atoms with Crippen LogP contribution in [0.3, 0.4) is 0 Å². The van der Waals surface area contributed by atoms with Crippen molar-refractivity contribution >= 4 is 40.4 Å². The largest absolute Gasteiger partial charge is 0.508 e. The molecule has 29 heavy (non-hydrogen) atoms. The van der Waals surface area contributed by atoms with Crippen LogP contribution in [0, 0.1) is 10.1 Å². The number of furan rings is 1. The van der Waals surface area contributed by atoms with Gasteiger partial charge < -0.3 is 9.52 Å². The Hall–Kier alpha value is -3.85. The Morgan fingerprint density at radius 2 is 1.83 bits per heavy atom. The SMILES string of the molecule is O=C1S/C(=C\c2ccc(-c3ccc([N+](=O)[O-])cc3)o2)C(=O)N1c1cccc(O)c1. The van der Waals surface area contributed by atoms with Crippen LogP contribution in [0.25, 0.3) is 17.4 Å². The van der Waals surface area contributed by atoms with E-state index in [-0.39, 0.29) is 22.0 Å². The quantitative estimate of drug-likeness (QED) is 0.375. The summed E-state index contributed by atoms with van der Waals surface area (Å²) in [5.74, 6) is 0.265. The van der Waals surface area contributed by atoms with E-state index in [1.807, 2.05) is 0 Å². The van der Waals surface area contributed by atoms with Gasteiger partial charge in [-0.15, -0.1) is 0 Å². The molecule has 0 radical (unpaired) electrons. The number of phenolic OH excluding ortho intramolecular Hbond substituents is 1. The molecule has 0 unspecified atom stereocenters. The number of phenols is 1. The first-order chi connectivity index (χ1) is 13.9. The number of anilines is 1. The van der Waals surface area contributed by atoms with Crippen molar-refractivity contribution < 1.29 is 24.0 Å². The number of nitrogens with zero attached hydrogens (tertiary/aromatic N) is 2. The number of benzene rings is 2. The van der Waals surface area contributed by atoms with Crippen molar-refractivity contribution in [1.82, 2.24) is 0 Å². The Morgan fingerprint density at radius 1 is 1.07 bits per heavy atom. The highest BCUT2D eigenvalue weighted by Gasteiger charge is 2.36. The summed E-state index contributed by atoms with van der Waals surface area (Å²) in [4.78, 5) is 36.3. The number of aromatic hydroxyl groups is 1. The first-order valence-electron chi connectivity index (χ1n) is 8.34. The second-order valence-electron chi connectivity index (χ2n) is 6.04. The third kappa shape index (κ3) is 3.63. The summed E-state index contributed by atoms with van der Waals surface area (Å²) in [6, 6.07) is 15.1. The van der Waals surface area contributed by atoms with Crippen LogP contribution in [0.4, 0.5) is 16.2 Å². The second-order valence-corrected chi connectivity index (χ2v) is 7.04. The van der Waals surface area contributed by atoms with Gasteiger partial charge in [-0.25, -0.2) is 4.90 Å². The molecule has 144 valence electrons. The van der Waals surface area contributed by atoms with Crippen molar-refractivity contribution in [3.8, 4) is 17.1 Å². The van der Waals surface area contributed by atoms with Crippen LogP contribution in [0.15, 0.2) is 70.0 Å². The van der Waals surface area contributed by atoms with E-state index in [4.69, 9.17) is 4.42 Å². The molecule has 2 amide bonds.